The summed E-state index contributed by atoms with van der Waals surface area (Å²) in [7, 11) is 0. The Morgan fingerprint density at radius 3 is 2.74 bits per heavy atom. The number of aromatic hydroxyl groups is 1. The second-order valence-corrected chi connectivity index (χ2v) is 4.89. The molecule has 0 aromatic carbocycles. The van der Waals surface area contributed by atoms with Crippen LogP contribution < -0.4 is 5.56 Å². The molecule has 19 heavy (non-hydrogen) atoms. The van der Waals surface area contributed by atoms with Crippen molar-refractivity contribution in [2.75, 3.05) is 13.1 Å². The third kappa shape index (κ3) is 3.04. The van der Waals surface area contributed by atoms with Gasteiger partial charge in [-0.05, 0) is 38.4 Å². The SMILES string of the molecule is CCn1c(O)c(/C=N/N2CCCCC2)c(=O)[nH]c1=S. The first-order valence-corrected chi connectivity index (χ1v) is 6.89. The van der Waals surface area contributed by atoms with E-state index in [4.69, 9.17) is 12.2 Å². The van der Waals surface area contributed by atoms with E-state index in [1.54, 1.807) is 0 Å². The van der Waals surface area contributed by atoms with Gasteiger partial charge in [-0.3, -0.25) is 19.4 Å². The van der Waals surface area contributed by atoms with Crippen LogP contribution in [0, 0.1) is 4.77 Å². The Kier molecular flexibility index (Phi) is 4.36. The van der Waals surface area contributed by atoms with Crippen LogP contribution in [0.25, 0.3) is 0 Å². The molecule has 2 heterocycles. The van der Waals surface area contributed by atoms with Gasteiger partial charge in [0, 0.05) is 19.6 Å². The van der Waals surface area contributed by atoms with E-state index in [1.807, 2.05) is 11.9 Å². The summed E-state index contributed by atoms with van der Waals surface area (Å²) < 4.78 is 1.69. The Hall–Kier alpha value is -1.63. The van der Waals surface area contributed by atoms with Crippen molar-refractivity contribution in [3.05, 3.63) is 20.7 Å². The zero-order chi connectivity index (χ0) is 13.8. The van der Waals surface area contributed by atoms with Crippen molar-refractivity contribution in [2.24, 2.45) is 5.10 Å². The highest BCUT2D eigenvalue weighted by Crippen LogP contribution is 2.12. The number of nitrogens with zero attached hydrogens (tertiary/aromatic N) is 3. The van der Waals surface area contributed by atoms with Crippen LogP contribution in [0.4, 0.5) is 0 Å². The summed E-state index contributed by atoms with van der Waals surface area (Å²) >= 11 is 4.99. The highest BCUT2D eigenvalue weighted by molar-refractivity contribution is 7.71. The summed E-state index contributed by atoms with van der Waals surface area (Å²) in [5.74, 6) is -0.128. The topological polar surface area (TPSA) is 73.6 Å². The molecule has 1 saturated heterocycles. The molecule has 104 valence electrons. The zero-order valence-electron chi connectivity index (χ0n) is 10.9. The van der Waals surface area contributed by atoms with E-state index in [0.717, 1.165) is 25.9 Å². The fourth-order valence-electron chi connectivity index (χ4n) is 2.12. The van der Waals surface area contributed by atoms with Gasteiger partial charge in [0.2, 0.25) is 5.88 Å². The van der Waals surface area contributed by atoms with E-state index in [9.17, 15) is 9.90 Å². The van der Waals surface area contributed by atoms with Gasteiger partial charge in [0.15, 0.2) is 4.77 Å². The molecule has 0 unspecified atom stereocenters. The van der Waals surface area contributed by atoms with Crippen LogP contribution in [-0.4, -0.2) is 39.0 Å². The molecule has 0 aliphatic carbocycles. The van der Waals surface area contributed by atoms with E-state index in [2.05, 4.69) is 10.1 Å². The van der Waals surface area contributed by atoms with Gasteiger partial charge < -0.3 is 5.11 Å². The van der Waals surface area contributed by atoms with Crippen molar-refractivity contribution in [1.29, 1.82) is 0 Å². The predicted octanol–water partition coefficient (Wildman–Crippen LogP) is 1.45. The lowest BCUT2D eigenvalue weighted by Gasteiger charge is -2.23. The molecule has 0 spiro atoms. The van der Waals surface area contributed by atoms with Crippen LogP contribution in [0.1, 0.15) is 31.7 Å². The van der Waals surface area contributed by atoms with Crippen molar-refractivity contribution >= 4 is 18.4 Å². The predicted molar refractivity (Wildman–Crippen MR) is 76.2 cm³/mol. The van der Waals surface area contributed by atoms with E-state index >= 15 is 0 Å². The molecular weight excluding hydrogens is 264 g/mol. The van der Waals surface area contributed by atoms with Crippen molar-refractivity contribution in [2.45, 2.75) is 32.7 Å². The van der Waals surface area contributed by atoms with Crippen LogP contribution in [0.2, 0.25) is 0 Å². The van der Waals surface area contributed by atoms with E-state index in [1.165, 1.54) is 17.2 Å². The average Bonchev–Trinajstić information content (AvgIpc) is 2.39. The molecule has 7 heteroatoms. The third-order valence-electron chi connectivity index (χ3n) is 3.21. The van der Waals surface area contributed by atoms with Gasteiger partial charge in [-0.15, -0.1) is 0 Å². The average molecular weight is 282 g/mol. The molecule has 0 radical (unpaired) electrons. The lowest BCUT2D eigenvalue weighted by atomic mass is 10.2. The molecule has 1 aromatic heterocycles. The van der Waals surface area contributed by atoms with Gasteiger partial charge in [0.1, 0.15) is 5.56 Å². The Bertz CT molecular complexity index is 584. The van der Waals surface area contributed by atoms with Crippen molar-refractivity contribution < 1.29 is 5.11 Å². The van der Waals surface area contributed by atoms with Gasteiger partial charge in [0.05, 0.1) is 6.21 Å². The minimum Gasteiger partial charge on any atom is -0.494 e. The highest BCUT2D eigenvalue weighted by atomic mass is 32.1. The summed E-state index contributed by atoms with van der Waals surface area (Å²) in [5, 5.41) is 16.2. The number of aromatic nitrogens is 2. The molecule has 1 aliphatic heterocycles. The molecule has 1 aromatic rings. The van der Waals surface area contributed by atoms with Gasteiger partial charge >= 0.3 is 0 Å². The maximum absolute atomic E-state index is 11.8. The van der Waals surface area contributed by atoms with E-state index < -0.39 is 5.56 Å². The number of H-pyrrole nitrogens is 1. The molecule has 2 N–H and O–H groups in total. The number of hydrazone groups is 1. The van der Waals surface area contributed by atoms with Crippen LogP contribution in [0.5, 0.6) is 5.88 Å². The molecule has 6 nitrogen and oxygen atoms in total. The molecule has 0 saturated carbocycles. The Balaban J connectivity index is 2.31. The number of aromatic amines is 1. The van der Waals surface area contributed by atoms with Crippen LogP contribution >= 0.6 is 12.2 Å². The summed E-state index contributed by atoms with van der Waals surface area (Å²) in [6.45, 7) is 4.12. The zero-order valence-corrected chi connectivity index (χ0v) is 11.7. The number of hydrogen-bond acceptors (Lipinski definition) is 5. The minimum atomic E-state index is -0.409. The number of rotatable bonds is 3. The van der Waals surface area contributed by atoms with Crippen molar-refractivity contribution in [3.63, 3.8) is 0 Å². The molecule has 2 rings (SSSR count). The summed E-state index contributed by atoms with van der Waals surface area (Å²) in [6.07, 6.45) is 4.86. The van der Waals surface area contributed by atoms with Crippen molar-refractivity contribution in [3.8, 4) is 5.88 Å². The number of nitrogens with one attached hydrogen (secondary N) is 1. The Morgan fingerprint density at radius 2 is 2.11 bits per heavy atom. The van der Waals surface area contributed by atoms with E-state index in [-0.39, 0.29) is 16.2 Å². The third-order valence-corrected chi connectivity index (χ3v) is 3.53. The molecule has 0 amide bonds. The standard InChI is InChI=1S/C12H18N4O2S/c1-2-16-11(18)9(10(17)14-12(16)19)8-13-15-6-4-3-5-7-15/h8,18H,2-7H2,1H3,(H,14,17,19)/b13-8+. The largest absolute Gasteiger partial charge is 0.494 e. The maximum atomic E-state index is 11.8. The van der Waals surface area contributed by atoms with Gasteiger partial charge in [-0.25, -0.2) is 0 Å². The Morgan fingerprint density at radius 1 is 1.42 bits per heavy atom. The fraction of sp³-hybridized carbons (Fsp3) is 0.583. The van der Waals surface area contributed by atoms with Crippen LogP contribution in [0.15, 0.2) is 9.90 Å². The second-order valence-electron chi connectivity index (χ2n) is 4.50. The lowest BCUT2D eigenvalue weighted by Crippen LogP contribution is -2.25. The van der Waals surface area contributed by atoms with Gasteiger partial charge in [-0.1, -0.05) is 0 Å². The monoisotopic (exact) mass is 282 g/mol. The van der Waals surface area contributed by atoms with Crippen LogP contribution in [-0.2, 0) is 6.54 Å². The molecule has 1 aliphatic rings. The van der Waals surface area contributed by atoms with Gasteiger partial charge in [-0.2, -0.15) is 5.10 Å². The molecule has 0 atom stereocenters. The quantitative estimate of drug-likeness (QED) is 0.650. The lowest BCUT2D eigenvalue weighted by molar-refractivity contribution is 0.240. The minimum absolute atomic E-state index is 0.128. The smallest absolute Gasteiger partial charge is 0.264 e. The summed E-state index contributed by atoms with van der Waals surface area (Å²) in [6, 6.07) is 0. The highest BCUT2D eigenvalue weighted by Gasteiger charge is 2.11. The number of piperidine rings is 1. The molecule has 1 fully saturated rings. The van der Waals surface area contributed by atoms with Crippen LogP contribution in [0.3, 0.4) is 0 Å². The first kappa shape index (κ1) is 13.8. The summed E-state index contributed by atoms with van der Waals surface area (Å²) in [4.78, 5) is 14.3. The fourth-order valence-corrected chi connectivity index (χ4v) is 2.43. The maximum Gasteiger partial charge on any atom is 0.264 e. The first-order valence-electron chi connectivity index (χ1n) is 6.48. The Labute approximate surface area is 116 Å². The second kappa shape index (κ2) is 6.01. The molecular formula is C12H18N4O2S. The number of hydrogen-bond donors (Lipinski definition) is 2. The van der Waals surface area contributed by atoms with Crippen molar-refractivity contribution in [1.82, 2.24) is 14.6 Å². The van der Waals surface area contributed by atoms with Gasteiger partial charge in [0.25, 0.3) is 5.56 Å². The molecule has 0 bridgehead atoms. The normalized spacial score (nSPS) is 16.2. The van der Waals surface area contributed by atoms with E-state index in [0.29, 0.717) is 6.54 Å². The first-order chi connectivity index (χ1) is 9.13. The summed E-state index contributed by atoms with van der Waals surface area (Å²) in [5.41, 5.74) is -0.256.